The van der Waals surface area contributed by atoms with Gasteiger partial charge >= 0.3 is 6.18 Å². The average Bonchev–Trinajstić information content (AvgIpc) is 3.00. The van der Waals surface area contributed by atoms with E-state index in [9.17, 15) is 18.0 Å². The summed E-state index contributed by atoms with van der Waals surface area (Å²) in [6.45, 7) is 3.84. The Morgan fingerprint density at radius 1 is 1.07 bits per heavy atom. The van der Waals surface area contributed by atoms with Crippen molar-refractivity contribution in [2.24, 2.45) is 7.05 Å². The second kappa shape index (κ2) is 8.28. The number of hydrogen-bond acceptors (Lipinski definition) is 4. The third kappa shape index (κ3) is 4.97. The number of anilines is 1. The van der Waals surface area contributed by atoms with E-state index in [0.29, 0.717) is 11.3 Å². The first kappa shape index (κ1) is 20.9. The SMILES string of the molecule is Cc1cc(C)cc(NC(=O)[C@H](Sc2nnc(C(F)(F)F)n2C)c2ccccc2)c1. The van der Waals surface area contributed by atoms with Crippen LogP contribution in [0.1, 0.15) is 27.8 Å². The van der Waals surface area contributed by atoms with Gasteiger partial charge in [-0.2, -0.15) is 13.2 Å². The highest BCUT2D eigenvalue weighted by atomic mass is 32.2. The second-order valence-corrected chi connectivity index (χ2v) is 7.71. The number of amides is 1. The highest BCUT2D eigenvalue weighted by molar-refractivity contribution is 8.00. The number of alkyl halides is 3. The van der Waals surface area contributed by atoms with E-state index in [1.165, 1.54) is 7.05 Å². The number of carbonyl (C=O) groups is 1. The Labute approximate surface area is 170 Å². The number of hydrogen-bond donors (Lipinski definition) is 1. The van der Waals surface area contributed by atoms with Crippen molar-refractivity contribution in [3.05, 3.63) is 71.0 Å². The molecule has 1 heterocycles. The lowest BCUT2D eigenvalue weighted by atomic mass is 10.1. The van der Waals surface area contributed by atoms with Gasteiger partial charge < -0.3 is 9.88 Å². The predicted molar refractivity (Wildman–Crippen MR) is 106 cm³/mol. The summed E-state index contributed by atoms with van der Waals surface area (Å²) in [7, 11) is 1.23. The van der Waals surface area contributed by atoms with E-state index in [4.69, 9.17) is 0 Å². The Hall–Kier alpha value is -2.81. The summed E-state index contributed by atoms with van der Waals surface area (Å²) in [5, 5.41) is 8.93. The monoisotopic (exact) mass is 420 g/mol. The zero-order valence-electron chi connectivity index (χ0n) is 16.0. The van der Waals surface area contributed by atoms with Crippen molar-refractivity contribution in [2.45, 2.75) is 30.4 Å². The maximum atomic E-state index is 13.0. The first-order chi connectivity index (χ1) is 13.6. The first-order valence-electron chi connectivity index (χ1n) is 8.72. The summed E-state index contributed by atoms with van der Waals surface area (Å²) in [5.41, 5.74) is 3.26. The predicted octanol–water partition coefficient (Wildman–Crippen LogP) is 4.92. The molecule has 0 aliphatic heterocycles. The Morgan fingerprint density at radius 3 is 2.24 bits per heavy atom. The van der Waals surface area contributed by atoms with Crippen molar-refractivity contribution in [1.29, 1.82) is 0 Å². The third-order valence-corrected chi connectivity index (χ3v) is 5.43. The molecule has 0 unspecified atom stereocenters. The van der Waals surface area contributed by atoms with Crippen LogP contribution in [0.2, 0.25) is 0 Å². The maximum Gasteiger partial charge on any atom is 0.451 e. The zero-order chi connectivity index (χ0) is 21.2. The number of thioether (sulfide) groups is 1. The fourth-order valence-corrected chi connectivity index (χ4v) is 3.93. The molecule has 0 radical (unpaired) electrons. The van der Waals surface area contributed by atoms with E-state index in [1.54, 1.807) is 30.3 Å². The van der Waals surface area contributed by atoms with E-state index >= 15 is 0 Å². The normalized spacial score (nSPS) is 12.6. The standard InChI is InChI=1S/C20H19F3N4OS/c1-12-9-13(2)11-15(10-12)24-17(28)16(14-7-5-4-6-8-14)29-19-26-25-18(27(19)3)20(21,22)23/h4-11,16H,1-3H3,(H,24,28)/t16-/m1/s1. The molecule has 0 bridgehead atoms. The number of rotatable bonds is 5. The number of aryl methyl sites for hydroxylation is 2. The van der Waals surface area contributed by atoms with Gasteiger partial charge in [0.2, 0.25) is 11.7 Å². The minimum atomic E-state index is -4.62. The lowest BCUT2D eigenvalue weighted by Crippen LogP contribution is -2.20. The Kier molecular flexibility index (Phi) is 5.97. The highest BCUT2D eigenvalue weighted by Gasteiger charge is 2.38. The number of nitrogens with zero attached hydrogens (tertiary/aromatic N) is 3. The molecule has 1 atom stereocenters. The minimum absolute atomic E-state index is 0.00162. The van der Waals surface area contributed by atoms with E-state index in [2.05, 4.69) is 15.5 Å². The Morgan fingerprint density at radius 2 is 1.69 bits per heavy atom. The van der Waals surface area contributed by atoms with Crippen LogP contribution in [-0.4, -0.2) is 20.7 Å². The fourth-order valence-electron chi connectivity index (χ4n) is 2.93. The summed E-state index contributed by atoms with van der Waals surface area (Å²) in [6, 6.07) is 14.5. The van der Waals surface area contributed by atoms with Crippen LogP contribution in [0.15, 0.2) is 53.7 Å². The van der Waals surface area contributed by atoms with E-state index in [1.807, 2.05) is 32.0 Å². The summed E-state index contributed by atoms with van der Waals surface area (Å²) >= 11 is 0.918. The lowest BCUT2D eigenvalue weighted by molar-refractivity contribution is -0.147. The molecular weight excluding hydrogens is 401 g/mol. The minimum Gasteiger partial charge on any atom is -0.325 e. The molecular formula is C20H19F3N4OS. The first-order valence-corrected chi connectivity index (χ1v) is 9.60. The van der Waals surface area contributed by atoms with E-state index in [-0.39, 0.29) is 11.1 Å². The van der Waals surface area contributed by atoms with Crippen LogP contribution in [0, 0.1) is 13.8 Å². The second-order valence-electron chi connectivity index (χ2n) is 6.64. The van der Waals surface area contributed by atoms with Crippen molar-refractivity contribution >= 4 is 23.4 Å². The number of carbonyl (C=O) groups excluding carboxylic acids is 1. The van der Waals surface area contributed by atoms with Crippen LogP contribution in [0.3, 0.4) is 0 Å². The van der Waals surface area contributed by atoms with Crippen molar-refractivity contribution in [2.75, 3.05) is 5.32 Å². The molecule has 0 spiro atoms. The van der Waals surface area contributed by atoms with Crippen molar-refractivity contribution in [1.82, 2.24) is 14.8 Å². The van der Waals surface area contributed by atoms with Gasteiger partial charge in [-0.3, -0.25) is 4.79 Å². The summed E-state index contributed by atoms with van der Waals surface area (Å²) in [6.07, 6.45) is -4.62. The molecule has 2 aromatic carbocycles. The lowest BCUT2D eigenvalue weighted by Gasteiger charge is -2.17. The smallest absolute Gasteiger partial charge is 0.325 e. The van der Waals surface area contributed by atoms with Gasteiger partial charge in [0.05, 0.1) is 0 Å². The molecule has 1 amide bonds. The van der Waals surface area contributed by atoms with Gasteiger partial charge in [-0.05, 0) is 42.7 Å². The van der Waals surface area contributed by atoms with Gasteiger partial charge in [0.25, 0.3) is 0 Å². The number of aromatic nitrogens is 3. The molecule has 1 aromatic heterocycles. The molecule has 0 saturated carbocycles. The number of benzene rings is 2. The quantitative estimate of drug-likeness (QED) is 0.595. The molecule has 0 aliphatic rings. The zero-order valence-corrected chi connectivity index (χ0v) is 16.8. The largest absolute Gasteiger partial charge is 0.451 e. The summed E-state index contributed by atoms with van der Waals surface area (Å²) in [4.78, 5) is 13.0. The van der Waals surface area contributed by atoms with Gasteiger partial charge in [0.15, 0.2) is 5.16 Å². The molecule has 1 N–H and O–H groups in total. The van der Waals surface area contributed by atoms with Crippen LogP contribution in [0.5, 0.6) is 0 Å². The number of halogens is 3. The molecule has 29 heavy (non-hydrogen) atoms. The van der Waals surface area contributed by atoms with Crippen molar-refractivity contribution in [3.8, 4) is 0 Å². The highest BCUT2D eigenvalue weighted by Crippen LogP contribution is 2.37. The van der Waals surface area contributed by atoms with E-state index < -0.39 is 17.3 Å². The van der Waals surface area contributed by atoms with Gasteiger partial charge in [0.1, 0.15) is 5.25 Å². The molecule has 5 nitrogen and oxygen atoms in total. The Balaban J connectivity index is 1.92. The molecule has 0 aliphatic carbocycles. The van der Waals surface area contributed by atoms with Gasteiger partial charge in [0, 0.05) is 12.7 Å². The van der Waals surface area contributed by atoms with Crippen molar-refractivity contribution < 1.29 is 18.0 Å². The number of nitrogens with one attached hydrogen (secondary N) is 1. The third-order valence-electron chi connectivity index (χ3n) is 4.14. The Bertz CT molecular complexity index is 998. The van der Waals surface area contributed by atoms with Gasteiger partial charge in [-0.15, -0.1) is 10.2 Å². The van der Waals surface area contributed by atoms with Crippen LogP contribution in [0.4, 0.5) is 18.9 Å². The molecule has 9 heteroatoms. The molecule has 0 fully saturated rings. The molecule has 3 rings (SSSR count). The van der Waals surface area contributed by atoms with Crippen LogP contribution in [0.25, 0.3) is 0 Å². The van der Waals surface area contributed by atoms with Crippen LogP contribution >= 0.6 is 11.8 Å². The van der Waals surface area contributed by atoms with Crippen LogP contribution in [-0.2, 0) is 18.0 Å². The molecule has 0 saturated heterocycles. The van der Waals surface area contributed by atoms with Crippen LogP contribution < -0.4 is 5.32 Å². The summed E-state index contributed by atoms with van der Waals surface area (Å²) < 4.78 is 39.9. The molecule has 152 valence electrons. The van der Waals surface area contributed by atoms with Crippen molar-refractivity contribution in [3.63, 3.8) is 0 Å². The van der Waals surface area contributed by atoms with E-state index in [0.717, 1.165) is 27.5 Å². The topological polar surface area (TPSA) is 59.8 Å². The van der Waals surface area contributed by atoms with Gasteiger partial charge in [-0.25, -0.2) is 0 Å². The fraction of sp³-hybridized carbons (Fsp3) is 0.250. The average molecular weight is 420 g/mol. The summed E-state index contributed by atoms with van der Waals surface area (Å²) in [5.74, 6) is -1.47. The molecule has 3 aromatic rings. The maximum absolute atomic E-state index is 13.0. The van der Waals surface area contributed by atoms with Gasteiger partial charge in [-0.1, -0.05) is 48.2 Å².